The minimum Gasteiger partial charge on any atom is -0.331 e. The summed E-state index contributed by atoms with van der Waals surface area (Å²) in [6.07, 6.45) is 5.02. The van der Waals surface area contributed by atoms with Gasteiger partial charge in [0.1, 0.15) is 0 Å². The minimum atomic E-state index is -3.52. The number of amides is 1. The van der Waals surface area contributed by atoms with Crippen LogP contribution in [-0.4, -0.2) is 37.4 Å². The molecule has 0 spiro atoms. The second-order valence-electron chi connectivity index (χ2n) is 5.59. The highest BCUT2D eigenvalue weighted by Gasteiger charge is 2.30. The second kappa shape index (κ2) is 5.66. The van der Waals surface area contributed by atoms with Crippen LogP contribution in [-0.2, 0) is 14.8 Å². The molecular formula is C16H17N3O3S. The van der Waals surface area contributed by atoms with Crippen molar-refractivity contribution in [2.45, 2.75) is 13.8 Å². The van der Waals surface area contributed by atoms with E-state index in [-0.39, 0.29) is 23.1 Å². The fourth-order valence-corrected chi connectivity index (χ4v) is 3.44. The van der Waals surface area contributed by atoms with Crippen molar-refractivity contribution in [1.82, 2.24) is 4.90 Å². The Balaban J connectivity index is 1.92. The number of anilines is 1. The van der Waals surface area contributed by atoms with E-state index in [9.17, 15) is 13.2 Å². The van der Waals surface area contributed by atoms with Crippen LogP contribution in [0.4, 0.5) is 5.69 Å². The van der Waals surface area contributed by atoms with Gasteiger partial charge in [-0.1, -0.05) is 12.1 Å². The Morgan fingerprint density at radius 3 is 2.87 bits per heavy atom. The SMILES string of the molecule is Cc1ccc(C)c(NC(=O)C2=CC=CN3CCS(=O)(=O)N=C23)c1. The molecule has 0 atom stereocenters. The topological polar surface area (TPSA) is 78.8 Å². The van der Waals surface area contributed by atoms with Crippen molar-refractivity contribution in [3.05, 3.63) is 53.3 Å². The molecule has 2 heterocycles. The van der Waals surface area contributed by atoms with Gasteiger partial charge in [-0.05, 0) is 43.2 Å². The number of hydrogen-bond donors (Lipinski definition) is 1. The number of allylic oxidation sites excluding steroid dienone is 2. The van der Waals surface area contributed by atoms with E-state index in [0.29, 0.717) is 12.2 Å². The molecule has 3 rings (SSSR count). The third kappa shape index (κ3) is 3.19. The molecule has 2 aliphatic heterocycles. The Labute approximate surface area is 135 Å². The van der Waals surface area contributed by atoms with Crippen LogP contribution in [0.5, 0.6) is 0 Å². The summed E-state index contributed by atoms with van der Waals surface area (Å²) < 4.78 is 27.2. The number of benzene rings is 1. The van der Waals surface area contributed by atoms with E-state index < -0.39 is 10.0 Å². The first-order valence-corrected chi connectivity index (χ1v) is 8.83. The Morgan fingerprint density at radius 1 is 1.30 bits per heavy atom. The first-order chi connectivity index (χ1) is 10.9. The number of amidine groups is 1. The molecule has 6 nitrogen and oxygen atoms in total. The highest BCUT2D eigenvalue weighted by molar-refractivity contribution is 7.90. The Kier molecular flexibility index (Phi) is 3.81. The van der Waals surface area contributed by atoms with E-state index in [4.69, 9.17) is 0 Å². The number of nitrogens with one attached hydrogen (secondary N) is 1. The zero-order chi connectivity index (χ0) is 16.6. The molecule has 1 N–H and O–H groups in total. The molecule has 1 amide bonds. The summed E-state index contributed by atoms with van der Waals surface area (Å²) in [7, 11) is -3.52. The molecule has 0 saturated heterocycles. The van der Waals surface area contributed by atoms with Crippen molar-refractivity contribution >= 4 is 27.5 Å². The predicted molar refractivity (Wildman–Crippen MR) is 89.7 cm³/mol. The van der Waals surface area contributed by atoms with Crippen molar-refractivity contribution in [2.75, 3.05) is 17.6 Å². The highest BCUT2D eigenvalue weighted by Crippen LogP contribution is 2.21. The molecule has 0 radical (unpaired) electrons. The van der Waals surface area contributed by atoms with Gasteiger partial charge in [-0.25, -0.2) is 8.42 Å². The molecule has 0 aromatic heterocycles. The van der Waals surface area contributed by atoms with Crippen molar-refractivity contribution < 1.29 is 13.2 Å². The summed E-state index contributed by atoms with van der Waals surface area (Å²) in [5.74, 6) is -0.238. The van der Waals surface area contributed by atoms with Crippen molar-refractivity contribution in [3.63, 3.8) is 0 Å². The fourth-order valence-electron chi connectivity index (χ4n) is 2.45. The van der Waals surface area contributed by atoms with E-state index in [1.807, 2.05) is 32.0 Å². The number of sulfonamides is 1. The van der Waals surface area contributed by atoms with Gasteiger partial charge in [0.25, 0.3) is 15.9 Å². The lowest BCUT2D eigenvalue weighted by Crippen LogP contribution is -2.40. The monoisotopic (exact) mass is 331 g/mol. The number of nitrogens with zero attached hydrogens (tertiary/aromatic N) is 2. The summed E-state index contributed by atoms with van der Waals surface area (Å²) in [6.45, 7) is 4.14. The quantitative estimate of drug-likeness (QED) is 0.895. The number of rotatable bonds is 2. The van der Waals surface area contributed by atoms with Crippen LogP contribution in [0.25, 0.3) is 0 Å². The summed E-state index contributed by atoms with van der Waals surface area (Å²) in [6, 6.07) is 5.77. The molecule has 1 aromatic carbocycles. The summed E-state index contributed by atoms with van der Waals surface area (Å²) in [5.41, 5.74) is 2.92. The van der Waals surface area contributed by atoms with E-state index in [0.717, 1.165) is 11.1 Å². The molecule has 0 saturated carbocycles. The van der Waals surface area contributed by atoms with Gasteiger partial charge in [0, 0.05) is 18.4 Å². The van der Waals surface area contributed by atoms with E-state index in [1.165, 1.54) is 0 Å². The largest absolute Gasteiger partial charge is 0.331 e. The smallest absolute Gasteiger partial charge is 0.259 e. The molecule has 0 fully saturated rings. The van der Waals surface area contributed by atoms with Gasteiger partial charge in [0.05, 0.1) is 11.3 Å². The molecule has 2 aliphatic rings. The van der Waals surface area contributed by atoms with Crippen LogP contribution in [0.2, 0.25) is 0 Å². The Bertz CT molecular complexity index is 867. The predicted octanol–water partition coefficient (Wildman–Crippen LogP) is 1.74. The molecule has 0 unspecified atom stereocenters. The molecule has 23 heavy (non-hydrogen) atoms. The molecule has 1 aromatic rings. The van der Waals surface area contributed by atoms with Gasteiger partial charge in [-0.15, -0.1) is 4.40 Å². The lowest BCUT2D eigenvalue weighted by Gasteiger charge is -2.28. The maximum atomic E-state index is 12.6. The van der Waals surface area contributed by atoms with Gasteiger partial charge in [-0.2, -0.15) is 0 Å². The zero-order valence-corrected chi connectivity index (χ0v) is 13.7. The van der Waals surface area contributed by atoms with Crippen molar-refractivity contribution in [2.24, 2.45) is 4.40 Å². The summed E-state index contributed by atoms with van der Waals surface area (Å²) in [5, 5.41) is 2.84. The number of hydrogen-bond acceptors (Lipinski definition) is 4. The maximum Gasteiger partial charge on any atom is 0.259 e. The molecule has 120 valence electrons. The van der Waals surface area contributed by atoms with Gasteiger partial charge in [-0.3, -0.25) is 4.79 Å². The van der Waals surface area contributed by atoms with Gasteiger partial charge < -0.3 is 10.2 Å². The van der Waals surface area contributed by atoms with E-state index in [1.54, 1.807) is 23.3 Å². The molecule has 7 heteroatoms. The van der Waals surface area contributed by atoms with Gasteiger partial charge in [0.15, 0.2) is 5.84 Å². The fraction of sp³-hybridized carbons (Fsp3) is 0.250. The average Bonchev–Trinajstić information content (AvgIpc) is 2.49. The second-order valence-corrected chi connectivity index (χ2v) is 7.34. The first kappa shape index (κ1) is 15.5. The maximum absolute atomic E-state index is 12.6. The van der Waals surface area contributed by atoms with E-state index in [2.05, 4.69) is 9.71 Å². The standard InChI is InChI=1S/C16H17N3O3S/c1-11-5-6-12(2)14(10-11)17-16(20)13-4-3-7-19-8-9-23(21,22)18-15(13)19/h3-7,10H,8-9H2,1-2H3,(H,17,20). The van der Waals surface area contributed by atoms with Crippen LogP contribution in [0.3, 0.4) is 0 Å². The van der Waals surface area contributed by atoms with Gasteiger partial charge in [0.2, 0.25) is 0 Å². The number of carbonyl (C=O) groups excluding carboxylic acids is 1. The van der Waals surface area contributed by atoms with Crippen molar-refractivity contribution in [3.8, 4) is 0 Å². The third-order valence-corrected chi connectivity index (χ3v) is 4.89. The van der Waals surface area contributed by atoms with Crippen LogP contribution in [0.1, 0.15) is 11.1 Å². The lowest BCUT2D eigenvalue weighted by molar-refractivity contribution is -0.112. The summed E-state index contributed by atoms with van der Waals surface area (Å²) in [4.78, 5) is 14.3. The zero-order valence-electron chi connectivity index (χ0n) is 12.9. The Hall–Kier alpha value is -2.41. The lowest BCUT2D eigenvalue weighted by atomic mass is 10.1. The average molecular weight is 331 g/mol. The van der Waals surface area contributed by atoms with Crippen LogP contribution >= 0.6 is 0 Å². The normalized spacial score (nSPS) is 18.8. The van der Waals surface area contributed by atoms with Crippen LogP contribution < -0.4 is 5.32 Å². The third-order valence-electron chi connectivity index (χ3n) is 3.74. The molecule has 0 aliphatic carbocycles. The van der Waals surface area contributed by atoms with Crippen molar-refractivity contribution in [1.29, 1.82) is 0 Å². The van der Waals surface area contributed by atoms with Crippen LogP contribution in [0.15, 0.2) is 46.5 Å². The first-order valence-electron chi connectivity index (χ1n) is 7.22. The summed E-state index contributed by atoms with van der Waals surface area (Å²) >= 11 is 0. The number of aryl methyl sites for hydroxylation is 2. The van der Waals surface area contributed by atoms with Crippen LogP contribution in [0, 0.1) is 13.8 Å². The molecular weight excluding hydrogens is 314 g/mol. The Morgan fingerprint density at radius 2 is 2.09 bits per heavy atom. The number of carbonyl (C=O) groups is 1. The molecule has 0 bridgehead atoms. The highest BCUT2D eigenvalue weighted by atomic mass is 32.2. The van der Waals surface area contributed by atoms with E-state index >= 15 is 0 Å². The van der Waals surface area contributed by atoms with Gasteiger partial charge >= 0.3 is 0 Å². The minimum absolute atomic E-state index is 0.0489. The number of fused-ring (bicyclic) bond motifs is 1.